The van der Waals surface area contributed by atoms with Crippen LogP contribution in [0, 0.1) is 5.41 Å². The molecule has 3 aromatic rings. The number of halogens is 1. The minimum absolute atomic E-state index is 0. The molecule has 0 atom stereocenters. The van der Waals surface area contributed by atoms with Crippen molar-refractivity contribution in [3.63, 3.8) is 0 Å². The number of phenols is 1. The summed E-state index contributed by atoms with van der Waals surface area (Å²) in [7, 11) is 0. The number of anilines is 1. The summed E-state index contributed by atoms with van der Waals surface area (Å²) in [5.41, 5.74) is 7.14. The van der Waals surface area contributed by atoms with Gasteiger partial charge in [-0.2, -0.15) is 0 Å². The molecule has 0 heterocycles. The first-order valence-electron chi connectivity index (χ1n) is 11.8. The van der Waals surface area contributed by atoms with Crippen molar-refractivity contribution in [2.24, 2.45) is 5.73 Å². The number of rotatable bonds is 12. The van der Waals surface area contributed by atoms with Crippen molar-refractivity contribution in [1.29, 1.82) is 5.41 Å². The molecule has 8 heteroatoms. The van der Waals surface area contributed by atoms with E-state index in [2.05, 4.69) is 0 Å². The van der Waals surface area contributed by atoms with Crippen LogP contribution in [0.1, 0.15) is 49.0 Å². The number of ether oxygens (including phenoxy) is 2. The number of nitrogen functional groups attached to an aromatic ring is 1. The molecule has 0 aromatic heterocycles. The predicted octanol–water partition coefficient (Wildman–Crippen LogP) is 5.78. The largest absolute Gasteiger partial charge is 0.507 e. The van der Waals surface area contributed by atoms with Crippen LogP contribution >= 0.6 is 12.4 Å². The Balaban J connectivity index is 0.00000456. The summed E-state index contributed by atoms with van der Waals surface area (Å²) in [4.78, 5) is 14.8. The minimum atomic E-state index is -0.258. The normalized spacial score (nSPS) is 10.4. The third kappa shape index (κ3) is 7.92. The summed E-state index contributed by atoms with van der Waals surface area (Å²) in [5, 5.41) is 17.9. The number of para-hydroxylation sites is 1. The predicted molar refractivity (Wildman–Crippen MR) is 146 cm³/mol. The van der Waals surface area contributed by atoms with Crippen LogP contribution in [-0.2, 0) is 0 Å². The average molecular weight is 512 g/mol. The highest BCUT2D eigenvalue weighted by Crippen LogP contribution is 2.28. The first-order chi connectivity index (χ1) is 16.9. The van der Waals surface area contributed by atoms with Gasteiger partial charge in [-0.15, -0.1) is 12.4 Å². The van der Waals surface area contributed by atoms with Crippen LogP contribution < -0.4 is 20.1 Å². The number of nitrogens with two attached hydrogens (primary N) is 1. The van der Waals surface area contributed by atoms with Gasteiger partial charge in [-0.1, -0.05) is 18.2 Å². The van der Waals surface area contributed by atoms with Gasteiger partial charge in [-0.3, -0.25) is 10.2 Å². The number of phenolic OH excluding ortho intramolecular Hbond substituents is 1. The fourth-order valence-corrected chi connectivity index (χ4v) is 3.64. The van der Waals surface area contributed by atoms with E-state index in [-0.39, 0.29) is 41.5 Å². The first-order valence-corrected chi connectivity index (χ1v) is 11.8. The summed E-state index contributed by atoms with van der Waals surface area (Å²) in [6.45, 7) is 4.97. The molecule has 0 radical (unpaired) electrons. The Morgan fingerprint density at radius 2 is 1.50 bits per heavy atom. The molecule has 0 aliphatic carbocycles. The molecule has 0 unspecified atom stereocenters. The quantitative estimate of drug-likeness (QED) is 0.162. The smallest absolute Gasteiger partial charge is 0.262 e. The Labute approximate surface area is 218 Å². The molecule has 4 N–H and O–H groups in total. The van der Waals surface area contributed by atoms with Crippen molar-refractivity contribution >= 4 is 29.8 Å². The van der Waals surface area contributed by atoms with Crippen molar-refractivity contribution in [2.75, 3.05) is 18.1 Å². The van der Waals surface area contributed by atoms with Crippen LogP contribution in [0.3, 0.4) is 0 Å². The van der Waals surface area contributed by atoms with Gasteiger partial charge in [0.25, 0.3) is 5.91 Å². The van der Waals surface area contributed by atoms with Gasteiger partial charge in [0.05, 0.1) is 18.8 Å². The maximum Gasteiger partial charge on any atom is 0.262 e. The molecule has 1 amide bonds. The first kappa shape index (κ1) is 28.5. The maximum atomic E-state index is 13.1. The molecular formula is C28H34ClN3O4. The summed E-state index contributed by atoms with van der Waals surface area (Å²) >= 11 is 0. The Morgan fingerprint density at radius 3 is 2.06 bits per heavy atom. The topological polar surface area (TPSA) is 109 Å². The third-order valence-corrected chi connectivity index (χ3v) is 5.46. The van der Waals surface area contributed by atoms with Gasteiger partial charge in [0.1, 0.15) is 23.1 Å². The van der Waals surface area contributed by atoms with E-state index in [1.54, 1.807) is 41.3 Å². The average Bonchev–Trinajstić information content (AvgIpc) is 2.84. The number of nitrogens with zero attached hydrogens (tertiary/aromatic N) is 1. The molecule has 0 aliphatic rings. The summed E-state index contributed by atoms with van der Waals surface area (Å²) in [6.07, 6.45) is 2.64. The van der Waals surface area contributed by atoms with Crippen molar-refractivity contribution in [2.45, 2.75) is 39.2 Å². The highest BCUT2D eigenvalue weighted by Gasteiger charge is 2.23. The highest BCUT2D eigenvalue weighted by molar-refractivity contribution is 6.08. The summed E-state index contributed by atoms with van der Waals surface area (Å²) < 4.78 is 11.5. The molecule has 192 valence electrons. The van der Waals surface area contributed by atoms with E-state index in [1.165, 1.54) is 6.07 Å². The lowest BCUT2D eigenvalue weighted by atomic mass is 10.1. The lowest BCUT2D eigenvalue weighted by Gasteiger charge is -2.27. The number of unbranched alkanes of at least 4 members (excludes halogenated alkanes) is 2. The van der Waals surface area contributed by atoms with Crippen molar-refractivity contribution in [1.82, 2.24) is 0 Å². The summed E-state index contributed by atoms with van der Waals surface area (Å²) in [6, 6.07) is 21.3. The van der Waals surface area contributed by atoms with Crippen molar-refractivity contribution in [3.05, 3.63) is 83.9 Å². The van der Waals surface area contributed by atoms with Gasteiger partial charge in [-0.25, -0.2) is 0 Å². The van der Waals surface area contributed by atoms with Crippen LogP contribution in [0.15, 0.2) is 72.8 Å². The standard InChI is InChI=1S/C28H33N3O4.ClH/c1-20(2)31(22-9-5-3-6-10-22)28(33)25-16-15-24(19-26(25)32)35-18-8-4-7-17-34-23-13-11-21(12-14-23)27(29)30;/h3,5-6,9-16,19-20,32H,4,7-8,17-18H2,1-2H3,(H3,29,30);1H. The van der Waals surface area contributed by atoms with E-state index in [9.17, 15) is 9.90 Å². The van der Waals surface area contributed by atoms with E-state index in [1.807, 2.05) is 44.2 Å². The number of nitrogens with one attached hydrogen (secondary N) is 1. The molecule has 7 nitrogen and oxygen atoms in total. The van der Waals surface area contributed by atoms with Gasteiger partial charge in [0, 0.05) is 23.4 Å². The number of amides is 1. The second-order valence-electron chi connectivity index (χ2n) is 8.48. The zero-order chi connectivity index (χ0) is 25.2. The molecule has 0 aliphatic heterocycles. The fraction of sp³-hybridized carbons (Fsp3) is 0.286. The zero-order valence-electron chi connectivity index (χ0n) is 20.6. The number of benzene rings is 3. The highest BCUT2D eigenvalue weighted by atomic mass is 35.5. The van der Waals surface area contributed by atoms with Gasteiger partial charge < -0.3 is 25.2 Å². The maximum absolute atomic E-state index is 13.1. The molecule has 0 spiro atoms. The second kappa shape index (κ2) is 14.0. The molecule has 0 saturated heterocycles. The minimum Gasteiger partial charge on any atom is -0.507 e. The van der Waals surface area contributed by atoms with Crippen LogP contribution in [-0.4, -0.2) is 36.1 Å². The van der Waals surface area contributed by atoms with Crippen molar-refractivity contribution < 1.29 is 19.4 Å². The molecular weight excluding hydrogens is 478 g/mol. The Kier molecular flexibility index (Phi) is 11.1. The van der Waals surface area contributed by atoms with E-state index in [0.29, 0.717) is 24.5 Å². The molecule has 36 heavy (non-hydrogen) atoms. The summed E-state index contributed by atoms with van der Waals surface area (Å²) in [5.74, 6) is 0.955. The fourth-order valence-electron chi connectivity index (χ4n) is 3.64. The molecule has 3 rings (SSSR count). The second-order valence-corrected chi connectivity index (χ2v) is 8.48. The molecule has 3 aromatic carbocycles. The number of carbonyl (C=O) groups is 1. The van der Waals surface area contributed by atoms with Crippen molar-refractivity contribution in [3.8, 4) is 17.2 Å². The van der Waals surface area contributed by atoms with Crippen LogP contribution in [0.2, 0.25) is 0 Å². The molecule has 0 bridgehead atoms. The van der Waals surface area contributed by atoms with Crippen LogP contribution in [0.4, 0.5) is 5.69 Å². The zero-order valence-corrected chi connectivity index (χ0v) is 21.5. The molecule has 0 saturated carbocycles. The number of hydrogen-bond donors (Lipinski definition) is 3. The number of hydrogen-bond acceptors (Lipinski definition) is 5. The third-order valence-electron chi connectivity index (χ3n) is 5.46. The van der Waals surface area contributed by atoms with E-state index >= 15 is 0 Å². The monoisotopic (exact) mass is 511 g/mol. The Morgan fingerprint density at radius 1 is 0.917 bits per heavy atom. The van der Waals surface area contributed by atoms with E-state index in [4.69, 9.17) is 20.6 Å². The lowest BCUT2D eigenvalue weighted by molar-refractivity contribution is 0.0977. The van der Waals surface area contributed by atoms with Crippen LogP contribution in [0.25, 0.3) is 0 Å². The molecule has 0 fully saturated rings. The van der Waals surface area contributed by atoms with Gasteiger partial charge in [-0.05, 0) is 81.6 Å². The van der Waals surface area contributed by atoms with E-state index < -0.39 is 0 Å². The number of amidine groups is 1. The van der Waals surface area contributed by atoms with Gasteiger partial charge >= 0.3 is 0 Å². The number of aromatic hydroxyl groups is 1. The lowest BCUT2D eigenvalue weighted by Crippen LogP contribution is -2.37. The van der Waals surface area contributed by atoms with Gasteiger partial charge in [0.2, 0.25) is 0 Å². The van der Waals surface area contributed by atoms with E-state index in [0.717, 1.165) is 30.7 Å². The van der Waals surface area contributed by atoms with Gasteiger partial charge in [0.15, 0.2) is 0 Å². The SMILES string of the molecule is CC(C)N(C(=O)c1ccc(OCCCCCOc2ccc(C(=N)N)cc2)cc1O)c1ccccc1.Cl. The Hall–Kier alpha value is -3.71. The number of carbonyl (C=O) groups excluding carboxylic acids is 1. The van der Waals surface area contributed by atoms with Crippen LogP contribution in [0.5, 0.6) is 17.2 Å². The Bertz CT molecular complexity index is 1120.